The smallest absolute Gasteiger partial charge is 0.305 e. The van der Waals surface area contributed by atoms with Gasteiger partial charge in [0, 0.05) is 68.5 Å². The third kappa shape index (κ3) is 36.6. The highest BCUT2D eigenvalue weighted by atomic mass is 19.1. The molecular formula is C85H118FN21O23. The number of amides is 12. The van der Waals surface area contributed by atoms with E-state index < -0.39 is 175 Å². The van der Waals surface area contributed by atoms with Gasteiger partial charge in [-0.15, -0.1) is 10.2 Å². The minimum absolute atomic E-state index is 0.0205. The van der Waals surface area contributed by atoms with Crippen LogP contribution in [0, 0.1) is 11.2 Å². The topological polar surface area (TPSA) is 659 Å². The van der Waals surface area contributed by atoms with E-state index in [1.165, 1.54) is 38.4 Å². The highest BCUT2D eigenvalue weighted by Crippen LogP contribution is 2.30. The monoisotopic (exact) mass is 1820 g/mol. The molecule has 0 spiro atoms. The lowest BCUT2D eigenvalue weighted by Crippen LogP contribution is -2.67. The SMILES string of the molecule is CCc1cc(OCCCCN=[N+]=[N-])ccc1-c1ccc(C[C@H](NC(=O)[C@H](CC(=O)O)NC(=O)[C@H](CO)NC(=O)[C@@H](NC(=O)C(C)(Cc2ccccc2F)NC(=O)[C@@H](NC(=O)CNC(=O)[C@H](Cc2nn[nH]n2)NC(=O)C(C)(C)C(=O)NCCc2cnc[nH]2)[C@@H](C)O)[C@@H](C)O)C(=O)N[C@@H](CCCc2ccc(CNC(=O)CCOCCOCCOCCOCCO)cc2)C(N)=O)cc1. The summed E-state index contributed by atoms with van der Waals surface area (Å²) in [4.78, 5) is 189. The molecule has 0 saturated carbocycles. The van der Waals surface area contributed by atoms with Crippen LogP contribution in [0.4, 0.5) is 4.39 Å². The highest BCUT2D eigenvalue weighted by Gasteiger charge is 2.44. The predicted octanol–water partition coefficient (Wildman–Crippen LogP) is -1.64. The Morgan fingerprint density at radius 1 is 0.608 bits per heavy atom. The number of aliphatic hydroxyl groups excluding tert-OH is 4. The van der Waals surface area contributed by atoms with Crippen LogP contribution in [0.25, 0.3) is 21.6 Å². The number of hydrogen-bond acceptors (Lipinski definition) is 27. The number of aliphatic hydroxyl groups is 4. The standard InChI is InChI=1S/C85H118FN21O23/c1-7-56-42-60(130-32-11-10-29-94-105-88)25-26-61(56)57-23-21-54(22-24-57)41-64(76(118)95-63(74(87)116)16-12-13-53-17-19-55(20-18-53)46-91-69(112)28-33-126-35-37-128-39-40-129-38-36-127-34-31-108)96-77(119)66(44-71(114)115)97-78(120)67(49-109)98-79(121)72(51(2)110)101-83(125)85(6,45-58-14-8-9-15-62(58)86)102-80(122)73(52(3)111)100-70(113)48-92-75(117)65(43-68-103-106-107-104-68)99-82(124)84(4,5)81(123)90-30-27-59-47-89-50-93-59/h8-9,14-15,17-26,42,47,50-52,63-67,72-73,108-111H,7,10-13,16,27-41,43-46,48-49H2,1-6H3,(H2,87,116)(H,89,93)(H,90,123)(H,91,112)(H,92,117)(H,95,118)(H,96,119)(H,97,120)(H,98,121)(H,99,124)(H,100,113)(H,101,125)(H,102,122)(H,114,115)(H,103,104,106,107)/t51-,52-,63+,64+,65+,66+,67+,72+,73+,85?/m1/s1. The largest absolute Gasteiger partial charge is 0.494 e. The number of tetrazole rings is 1. The first-order valence-corrected chi connectivity index (χ1v) is 42.2. The highest BCUT2D eigenvalue weighted by molar-refractivity contribution is 6.06. The van der Waals surface area contributed by atoms with E-state index in [-0.39, 0.29) is 82.5 Å². The lowest BCUT2D eigenvalue weighted by molar-refractivity contribution is -0.143. The molecular weight excluding hydrogens is 1700 g/mol. The number of unbranched alkanes of at least 4 members (excludes halogenated alkanes) is 1. The fourth-order valence-electron chi connectivity index (χ4n) is 12.8. The molecule has 0 radical (unpaired) electrons. The molecule has 6 rings (SSSR count). The number of nitrogens with one attached hydrogen (secondary N) is 13. The molecule has 1 unspecified atom stereocenters. The Morgan fingerprint density at radius 2 is 1.22 bits per heavy atom. The number of imidazole rings is 1. The van der Waals surface area contributed by atoms with Crippen LogP contribution in [-0.2, 0) is 126 Å². The van der Waals surface area contributed by atoms with Gasteiger partial charge in [0.15, 0.2) is 5.82 Å². The first-order valence-electron chi connectivity index (χ1n) is 42.2. The number of azide groups is 1. The molecule has 130 heavy (non-hydrogen) atoms. The van der Waals surface area contributed by atoms with Gasteiger partial charge in [0.1, 0.15) is 64.8 Å². The van der Waals surface area contributed by atoms with Crippen molar-refractivity contribution in [3.63, 3.8) is 0 Å². The van der Waals surface area contributed by atoms with E-state index in [2.05, 4.69) is 99.1 Å². The van der Waals surface area contributed by atoms with Gasteiger partial charge in [-0.25, -0.2) is 9.37 Å². The zero-order chi connectivity index (χ0) is 95.1. The van der Waals surface area contributed by atoms with Crippen molar-refractivity contribution in [3.05, 3.63) is 159 Å². The van der Waals surface area contributed by atoms with E-state index in [1.807, 2.05) is 43.3 Å². The molecule has 0 aliphatic carbocycles. The third-order valence-electron chi connectivity index (χ3n) is 20.3. The number of hydrogen-bond donors (Lipinski definition) is 19. The zero-order valence-electron chi connectivity index (χ0n) is 73.3. The van der Waals surface area contributed by atoms with Crippen molar-refractivity contribution in [2.45, 2.75) is 185 Å². The summed E-state index contributed by atoms with van der Waals surface area (Å²) in [5, 5.41) is 95.1. The molecule has 2 aromatic heterocycles. The number of H-pyrrole nitrogens is 2. The van der Waals surface area contributed by atoms with Crippen LogP contribution < -0.4 is 69.0 Å². The van der Waals surface area contributed by atoms with Crippen LogP contribution in [0.1, 0.15) is 119 Å². The van der Waals surface area contributed by atoms with E-state index in [1.54, 1.807) is 36.5 Å². The number of aromatic amines is 2. The van der Waals surface area contributed by atoms with Crippen molar-refractivity contribution in [3.8, 4) is 16.9 Å². The molecule has 0 saturated heterocycles. The molecule has 0 fully saturated rings. The summed E-state index contributed by atoms with van der Waals surface area (Å²) < 4.78 is 43.0. The van der Waals surface area contributed by atoms with Gasteiger partial charge in [-0.3, -0.25) is 62.3 Å². The van der Waals surface area contributed by atoms with Crippen molar-refractivity contribution in [2.24, 2.45) is 16.3 Å². The van der Waals surface area contributed by atoms with Crippen LogP contribution >= 0.6 is 0 Å². The van der Waals surface area contributed by atoms with Crippen molar-refractivity contribution in [1.29, 1.82) is 0 Å². The second kappa shape index (κ2) is 55.7. The number of carboxylic acids is 1. The minimum Gasteiger partial charge on any atom is -0.494 e. The van der Waals surface area contributed by atoms with E-state index in [0.29, 0.717) is 95.3 Å². The van der Waals surface area contributed by atoms with Gasteiger partial charge in [-0.1, -0.05) is 90.0 Å². The van der Waals surface area contributed by atoms with Gasteiger partial charge in [0.2, 0.25) is 70.9 Å². The molecule has 2 heterocycles. The molecule has 0 aliphatic heterocycles. The number of halogens is 1. The predicted molar refractivity (Wildman–Crippen MR) is 462 cm³/mol. The first-order chi connectivity index (χ1) is 62.2. The first kappa shape index (κ1) is 106. The number of benzene rings is 4. The molecule has 44 nitrogen and oxygen atoms in total. The Labute approximate surface area is 748 Å². The second-order valence-electron chi connectivity index (χ2n) is 31.0. The molecule has 20 N–H and O–H groups in total. The van der Waals surface area contributed by atoms with Gasteiger partial charge in [-0.2, -0.15) is 5.21 Å². The summed E-state index contributed by atoms with van der Waals surface area (Å²) in [5.41, 5.74) is 15.3. The summed E-state index contributed by atoms with van der Waals surface area (Å²) in [6.07, 6.45) is -0.473. The van der Waals surface area contributed by atoms with Crippen LogP contribution in [-0.4, -0.2) is 285 Å². The van der Waals surface area contributed by atoms with E-state index in [0.717, 1.165) is 54.7 Å². The number of nitrogens with two attached hydrogens (primary N) is 1. The number of carbonyl (C=O) groups excluding carboxylic acids is 12. The molecule has 0 bridgehead atoms. The Morgan fingerprint density at radius 3 is 1.84 bits per heavy atom. The molecule has 0 aliphatic rings. The Kier molecular flexibility index (Phi) is 45.3. The molecule has 4 aromatic carbocycles. The van der Waals surface area contributed by atoms with Gasteiger partial charge in [-0.05, 0) is 136 Å². The zero-order valence-corrected chi connectivity index (χ0v) is 73.3. The van der Waals surface area contributed by atoms with E-state index in [9.17, 15) is 82.8 Å². The molecule has 12 amide bonds. The molecule has 6 aromatic rings. The van der Waals surface area contributed by atoms with Crippen molar-refractivity contribution in [1.82, 2.24) is 89.1 Å². The Balaban J connectivity index is 1.14. The lowest BCUT2D eigenvalue weighted by Gasteiger charge is -2.34. The lowest BCUT2D eigenvalue weighted by atomic mass is 9.90. The third-order valence-corrected chi connectivity index (χ3v) is 20.3. The maximum Gasteiger partial charge on any atom is 0.305 e. The number of aliphatic carboxylic acids is 1. The van der Waals surface area contributed by atoms with Crippen molar-refractivity contribution < 1.29 is 116 Å². The van der Waals surface area contributed by atoms with Crippen LogP contribution in [0.2, 0.25) is 0 Å². The number of carboxylic acid groups (broad SMARTS) is 1. The quantitative estimate of drug-likeness (QED) is 0.00669. The fourth-order valence-corrected chi connectivity index (χ4v) is 12.8. The van der Waals surface area contributed by atoms with Gasteiger partial charge < -0.3 is 118 Å². The number of ether oxygens (including phenoxy) is 5. The second-order valence-corrected chi connectivity index (χ2v) is 31.0. The van der Waals surface area contributed by atoms with Crippen LogP contribution in [0.5, 0.6) is 5.75 Å². The summed E-state index contributed by atoms with van der Waals surface area (Å²) >= 11 is 0. The van der Waals surface area contributed by atoms with Crippen LogP contribution in [0.3, 0.4) is 0 Å². The normalized spacial score (nSPS) is 13.8. The summed E-state index contributed by atoms with van der Waals surface area (Å²) in [7, 11) is 0. The van der Waals surface area contributed by atoms with E-state index >= 15 is 4.39 Å². The Bertz CT molecular complexity index is 4700. The van der Waals surface area contributed by atoms with Crippen LogP contribution in [0.15, 0.2) is 109 Å². The average Bonchev–Trinajstić information content (AvgIpc) is 0.845. The van der Waals surface area contributed by atoms with Gasteiger partial charge in [0.25, 0.3) is 0 Å². The molecule has 708 valence electrons. The molecule has 45 heteroatoms. The molecule has 10 atom stereocenters. The summed E-state index contributed by atoms with van der Waals surface area (Å²) in [6.45, 7) is 8.81. The van der Waals surface area contributed by atoms with Gasteiger partial charge in [0.05, 0.1) is 104 Å². The van der Waals surface area contributed by atoms with E-state index in [4.69, 9.17) is 40.1 Å². The van der Waals surface area contributed by atoms with Crippen molar-refractivity contribution in [2.75, 3.05) is 92.3 Å². The number of primary amides is 1. The minimum atomic E-state index is -2.43. The Hall–Kier alpha value is -13.0. The van der Waals surface area contributed by atoms with Gasteiger partial charge >= 0.3 is 5.97 Å². The number of nitrogens with zero attached hydrogens (tertiary/aromatic N) is 7. The van der Waals surface area contributed by atoms with Crippen molar-refractivity contribution >= 4 is 76.9 Å². The number of aromatic nitrogens is 6. The maximum absolute atomic E-state index is 15.6. The number of rotatable bonds is 62. The summed E-state index contributed by atoms with van der Waals surface area (Å²) in [6, 6.07) is 11.7. The summed E-state index contributed by atoms with van der Waals surface area (Å²) in [5.74, 6) is -14.9. The number of carbonyl (C=O) groups is 13. The maximum atomic E-state index is 15.6. The fraction of sp³-hybridized carbons (Fsp3) is 0.518. The average molecular weight is 1820 g/mol. The number of aryl methyl sites for hydroxylation is 2.